The van der Waals surface area contributed by atoms with Gasteiger partial charge >= 0.3 is 6.18 Å². The van der Waals surface area contributed by atoms with Crippen LogP contribution < -0.4 is 0 Å². The first-order valence-electron chi connectivity index (χ1n) is 3.07. The maximum atomic E-state index is 12.8. The second kappa shape index (κ2) is 3.49. The minimum absolute atomic E-state index is 0.0659. The molecule has 1 aromatic rings. The van der Waals surface area contributed by atoms with Crippen molar-refractivity contribution < 1.29 is 17.6 Å². The van der Waals surface area contributed by atoms with E-state index in [0.717, 1.165) is 6.07 Å². The lowest BCUT2D eigenvalue weighted by Gasteiger charge is -2.08. The smallest absolute Gasteiger partial charge is 0.206 e. The minimum Gasteiger partial charge on any atom is -0.206 e. The Balaban J connectivity index is 3.29. The van der Waals surface area contributed by atoms with Crippen LogP contribution >= 0.6 is 28.6 Å². The Morgan fingerprint density at radius 3 is 2.15 bits per heavy atom. The van der Waals surface area contributed by atoms with Crippen molar-refractivity contribution in [2.45, 2.75) is 11.1 Å². The maximum absolute atomic E-state index is 12.8. The van der Waals surface area contributed by atoms with Crippen molar-refractivity contribution in [2.24, 2.45) is 0 Å². The zero-order valence-corrected chi connectivity index (χ0v) is 8.47. The van der Waals surface area contributed by atoms with E-state index in [1.807, 2.05) is 0 Å². The van der Waals surface area contributed by atoms with Crippen LogP contribution in [0.2, 0.25) is 0 Å². The highest BCUT2D eigenvalue weighted by Gasteiger charge is 2.31. The number of thiol groups is 1. The molecule has 0 aliphatic carbocycles. The van der Waals surface area contributed by atoms with Gasteiger partial charge in [0.05, 0.1) is 10.0 Å². The summed E-state index contributed by atoms with van der Waals surface area (Å²) in [7, 11) is 0. The van der Waals surface area contributed by atoms with Crippen LogP contribution in [0.1, 0.15) is 5.56 Å². The molecule has 0 heterocycles. The summed E-state index contributed by atoms with van der Waals surface area (Å²) >= 11 is 6.44. The van der Waals surface area contributed by atoms with Crippen molar-refractivity contribution in [3.05, 3.63) is 28.0 Å². The van der Waals surface area contributed by atoms with E-state index in [-0.39, 0.29) is 9.37 Å². The Morgan fingerprint density at radius 1 is 1.23 bits per heavy atom. The fourth-order valence-corrected chi connectivity index (χ4v) is 1.21. The summed E-state index contributed by atoms with van der Waals surface area (Å²) in [5, 5.41) is 0. The van der Waals surface area contributed by atoms with Gasteiger partial charge in [0.2, 0.25) is 0 Å². The lowest BCUT2D eigenvalue weighted by molar-refractivity contribution is -0.137. The molecule has 0 aliphatic rings. The first-order chi connectivity index (χ1) is 5.82. The topological polar surface area (TPSA) is 0 Å². The van der Waals surface area contributed by atoms with Crippen LogP contribution in [-0.4, -0.2) is 0 Å². The predicted octanol–water partition coefficient (Wildman–Crippen LogP) is 3.90. The molecule has 0 nitrogen and oxygen atoms in total. The second-order valence-electron chi connectivity index (χ2n) is 2.29. The van der Waals surface area contributed by atoms with E-state index in [2.05, 4.69) is 28.6 Å². The molecule has 0 saturated heterocycles. The van der Waals surface area contributed by atoms with Crippen LogP contribution in [0.5, 0.6) is 0 Å². The number of rotatable bonds is 0. The summed E-state index contributed by atoms with van der Waals surface area (Å²) in [4.78, 5) is -0.0766. The van der Waals surface area contributed by atoms with E-state index in [1.165, 1.54) is 0 Å². The molecule has 72 valence electrons. The molecule has 0 fully saturated rings. The fraction of sp³-hybridized carbons (Fsp3) is 0.143. The van der Waals surface area contributed by atoms with Crippen molar-refractivity contribution in [2.75, 3.05) is 0 Å². The van der Waals surface area contributed by atoms with Gasteiger partial charge in [-0.05, 0) is 28.1 Å². The maximum Gasteiger partial charge on any atom is 0.416 e. The normalized spacial score (nSPS) is 11.8. The van der Waals surface area contributed by atoms with E-state index < -0.39 is 17.6 Å². The van der Waals surface area contributed by atoms with Gasteiger partial charge < -0.3 is 0 Å². The number of hydrogen-bond acceptors (Lipinski definition) is 1. The third-order valence-electron chi connectivity index (χ3n) is 1.34. The predicted molar refractivity (Wildman–Crippen MR) is 46.4 cm³/mol. The monoisotopic (exact) mass is 274 g/mol. The highest BCUT2D eigenvalue weighted by atomic mass is 79.9. The van der Waals surface area contributed by atoms with Crippen molar-refractivity contribution in [1.82, 2.24) is 0 Å². The van der Waals surface area contributed by atoms with Crippen LogP contribution in [0.15, 0.2) is 21.5 Å². The molecule has 0 atom stereocenters. The summed E-state index contributed by atoms with van der Waals surface area (Å²) in [5.41, 5.74) is -1.04. The molecule has 0 aliphatic heterocycles. The van der Waals surface area contributed by atoms with Crippen molar-refractivity contribution in [3.8, 4) is 0 Å². The largest absolute Gasteiger partial charge is 0.416 e. The standard InChI is InChI=1S/C7H3BrF4S/c8-6-4(9)1-3(2-5(6)13)7(10,11)12/h1-2,13H. The quantitative estimate of drug-likeness (QED) is 0.539. The first-order valence-corrected chi connectivity index (χ1v) is 4.31. The molecule has 0 N–H and O–H groups in total. The number of alkyl halides is 3. The van der Waals surface area contributed by atoms with Crippen molar-refractivity contribution in [1.29, 1.82) is 0 Å². The summed E-state index contributed by atoms with van der Waals surface area (Å²) in [5.74, 6) is -0.972. The molecule has 0 aromatic heterocycles. The summed E-state index contributed by atoms with van der Waals surface area (Å²) < 4.78 is 48.9. The summed E-state index contributed by atoms with van der Waals surface area (Å²) in [6, 6.07) is 1.18. The van der Waals surface area contributed by atoms with Crippen molar-refractivity contribution in [3.63, 3.8) is 0 Å². The van der Waals surface area contributed by atoms with E-state index in [1.54, 1.807) is 0 Å². The highest BCUT2D eigenvalue weighted by molar-refractivity contribution is 9.10. The molecule has 6 heteroatoms. The first kappa shape index (κ1) is 10.8. The third kappa shape index (κ3) is 2.37. The molecule has 0 spiro atoms. The average molecular weight is 275 g/mol. The van der Waals surface area contributed by atoms with Gasteiger partial charge in [-0.25, -0.2) is 4.39 Å². The molecule has 0 unspecified atom stereocenters. The van der Waals surface area contributed by atoms with Gasteiger partial charge in [-0.3, -0.25) is 0 Å². The second-order valence-corrected chi connectivity index (χ2v) is 3.56. The molecule has 0 bridgehead atoms. The highest BCUT2D eigenvalue weighted by Crippen LogP contribution is 2.34. The van der Waals surface area contributed by atoms with E-state index >= 15 is 0 Å². The fourth-order valence-electron chi connectivity index (χ4n) is 0.738. The number of halogens is 5. The van der Waals surface area contributed by atoms with E-state index in [0.29, 0.717) is 6.07 Å². The van der Waals surface area contributed by atoms with Gasteiger partial charge in [0, 0.05) is 4.90 Å². The molecular formula is C7H3BrF4S. The summed E-state index contributed by atoms with van der Waals surface area (Å²) in [6.07, 6.45) is -4.54. The Labute approximate surface area is 85.5 Å². The van der Waals surface area contributed by atoms with Crippen LogP contribution in [0, 0.1) is 5.82 Å². The van der Waals surface area contributed by atoms with Crippen LogP contribution in [0.3, 0.4) is 0 Å². The molecule has 13 heavy (non-hydrogen) atoms. The van der Waals surface area contributed by atoms with Gasteiger partial charge in [-0.2, -0.15) is 13.2 Å². The van der Waals surface area contributed by atoms with Crippen LogP contribution in [-0.2, 0) is 6.18 Å². The molecule has 0 radical (unpaired) electrons. The van der Waals surface area contributed by atoms with Gasteiger partial charge in [0.25, 0.3) is 0 Å². The van der Waals surface area contributed by atoms with Gasteiger partial charge in [-0.1, -0.05) is 0 Å². The zero-order valence-electron chi connectivity index (χ0n) is 5.99. The molecule has 1 rings (SSSR count). The molecular weight excluding hydrogens is 272 g/mol. The van der Waals surface area contributed by atoms with E-state index in [9.17, 15) is 17.6 Å². The van der Waals surface area contributed by atoms with Crippen molar-refractivity contribution >= 4 is 28.6 Å². The average Bonchev–Trinajstić information content (AvgIpc) is 1.97. The number of hydrogen-bond donors (Lipinski definition) is 1. The van der Waals surface area contributed by atoms with Gasteiger partial charge in [0.15, 0.2) is 0 Å². The zero-order chi connectivity index (χ0) is 10.2. The molecule has 1 aromatic carbocycles. The minimum atomic E-state index is -4.54. The van der Waals surface area contributed by atoms with Crippen LogP contribution in [0.4, 0.5) is 17.6 Å². The number of benzene rings is 1. The van der Waals surface area contributed by atoms with E-state index in [4.69, 9.17) is 0 Å². The lowest BCUT2D eigenvalue weighted by atomic mass is 10.2. The third-order valence-corrected chi connectivity index (χ3v) is 2.80. The Hall–Kier alpha value is -0.230. The SMILES string of the molecule is Fc1cc(C(F)(F)F)cc(S)c1Br. The molecule has 0 amide bonds. The van der Waals surface area contributed by atoms with Crippen LogP contribution in [0.25, 0.3) is 0 Å². The van der Waals surface area contributed by atoms with Gasteiger partial charge in [-0.15, -0.1) is 12.6 Å². The Kier molecular flexibility index (Phi) is 2.91. The van der Waals surface area contributed by atoms with Gasteiger partial charge in [0.1, 0.15) is 5.82 Å². The molecule has 0 saturated carbocycles. The summed E-state index contributed by atoms with van der Waals surface area (Å²) in [6.45, 7) is 0. The Morgan fingerprint density at radius 2 is 1.77 bits per heavy atom. The lowest BCUT2D eigenvalue weighted by Crippen LogP contribution is -2.05. The Bertz CT molecular complexity index is 311.